The van der Waals surface area contributed by atoms with Gasteiger partial charge in [-0.3, -0.25) is 0 Å². The summed E-state index contributed by atoms with van der Waals surface area (Å²) in [5.74, 6) is -1.20. The monoisotopic (exact) mass is 299 g/mol. The summed E-state index contributed by atoms with van der Waals surface area (Å²) in [7, 11) is 0. The topological polar surface area (TPSA) is 22.1 Å². The van der Waals surface area contributed by atoms with Crippen LogP contribution in [0.3, 0.4) is 0 Å². The van der Waals surface area contributed by atoms with E-state index in [0.717, 1.165) is 6.20 Å². The zero-order valence-corrected chi connectivity index (χ0v) is 10.3. The number of hydrogen-bond acceptors (Lipinski definition) is 2. The van der Waals surface area contributed by atoms with Gasteiger partial charge in [-0.25, -0.2) is 18.2 Å². The third kappa shape index (κ3) is 2.69. The average molecular weight is 299 g/mol. The average Bonchev–Trinajstić information content (AvgIpc) is 2.62. The number of pyridine rings is 1. The second kappa shape index (κ2) is 5.14. The van der Waals surface area contributed by atoms with Gasteiger partial charge in [-0.1, -0.05) is 6.92 Å². The number of hydrogen-bond donors (Lipinski definition) is 0. The van der Waals surface area contributed by atoms with Gasteiger partial charge in [-0.2, -0.15) is 13.2 Å². The van der Waals surface area contributed by atoms with E-state index in [1.54, 1.807) is 0 Å². The molecule has 0 N–H and O–H groups in total. The Labute approximate surface area is 110 Å². The van der Waals surface area contributed by atoms with Gasteiger partial charge in [0.15, 0.2) is 0 Å². The maximum absolute atomic E-state index is 13.7. The molecule has 0 spiro atoms. The first-order valence-corrected chi connectivity index (χ1v) is 5.85. The van der Waals surface area contributed by atoms with E-state index >= 15 is 0 Å². The van der Waals surface area contributed by atoms with Crippen LogP contribution in [0.1, 0.15) is 29.7 Å². The standard InChI is InChI=1S/C12H11F6NO/c1-5-7(13)2-6-8(20-4-9(14)15)3-19-11(10(5)6)12(16,17)18/h3,5,7,9H,2,4H2,1H3/t5-,7-/m1/s1. The molecule has 2 rings (SSSR count). The van der Waals surface area contributed by atoms with Gasteiger partial charge in [0.2, 0.25) is 0 Å². The predicted octanol–water partition coefficient (Wildman–Crippen LogP) is 3.74. The molecule has 112 valence electrons. The summed E-state index contributed by atoms with van der Waals surface area (Å²) in [6.45, 7) is 0.342. The number of rotatable bonds is 3. The van der Waals surface area contributed by atoms with Gasteiger partial charge < -0.3 is 4.74 Å². The van der Waals surface area contributed by atoms with E-state index in [0.29, 0.717) is 0 Å². The van der Waals surface area contributed by atoms with Crippen LogP contribution in [0.2, 0.25) is 0 Å². The van der Waals surface area contributed by atoms with E-state index in [-0.39, 0.29) is 23.3 Å². The minimum Gasteiger partial charge on any atom is -0.486 e. The zero-order chi connectivity index (χ0) is 15.1. The molecule has 0 amide bonds. The van der Waals surface area contributed by atoms with Crippen molar-refractivity contribution in [1.82, 2.24) is 4.98 Å². The van der Waals surface area contributed by atoms with Crippen LogP contribution in [0, 0.1) is 0 Å². The molecule has 1 aliphatic carbocycles. The molecule has 8 heteroatoms. The van der Waals surface area contributed by atoms with Crippen molar-refractivity contribution < 1.29 is 31.1 Å². The summed E-state index contributed by atoms with van der Waals surface area (Å²) in [6.07, 6.45) is -8.56. The van der Waals surface area contributed by atoms with Crippen molar-refractivity contribution in [3.05, 3.63) is 23.0 Å². The van der Waals surface area contributed by atoms with Crippen molar-refractivity contribution in [2.24, 2.45) is 0 Å². The maximum Gasteiger partial charge on any atom is 0.433 e. The molecule has 2 nitrogen and oxygen atoms in total. The molecule has 1 aromatic heterocycles. The molecule has 1 aliphatic rings. The lowest BCUT2D eigenvalue weighted by Gasteiger charge is -2.16. The van der Waals surface area contributed by atoms with E-state index in [2.05, 4.69) is 4.98 Å². The lowest BCUT2D eigenvalue weighted by molar-refractivity contribution is -0.142. The fourth-order valence-electron chi connectivity index (χ4n) is 2.30. The normalized spacial score (nSPS) is 22.2. The highest BCUT2D eigenvalue weighted by molar-refractivity contribution is 5.48. The Morgan fingerprint density at radius 2 is 2.05 bits per heavy atom. The number of ether oxygens (including phenoxy) is 1. The molecule has 1 heterocycles. The third-order valence-electron chi connectivity index (χ3n) is 3.22. The first-order chi connectivity index (χ1) is 9.21. The third-order valence-corrected chi connectivity index (χ3v) is 3.22. The lowest BCUT2D eigenvalue weighted by Crippen LogP contribution is -2.15. The maximum atomic E-state index is 13.7. The SMILES string of the molecule is C[C@H]1c2c(C(F)(F)F)ncc(OCC(F)F)c2C[C@H]1F. The van der Waals surface area contributed by atoms with Gasteiger partial charge in [0, 0.05) is 17.9 Å². The molecule has 0 unspecified atom stereocenters. The minimum atomic E-state index is -4.72. The van der Waals surface area contributed by atoms with Crippen LogP contribution < -0.4 is 4.74 Å². The molecule has 1 aromatic rings. The Bertz CT molecular complexity index is 501. The van der Waals surface area contributed by atoms with Crippen molar-refractivity contribution in [3.8, 4) is 5.75 Å². The van der Waals surface area contributed by atoms with Gasteiger partial charge in [-0.15, -0.1) is 0 Å². The Morgan fingerprint density at radius 3 is 2.60 bits per heavy atom. The van der Waals surface area contributed by atoms with Gasteiger partial charge in [0.25, 0.3) is 6.43 Å². The number of fused-ring (bicyclic) bond motifs is 1. The van der Waals surface area contributed by atoms with Crippen molar-refractivity contribution in [3.63, 3.8) is 0 Å². The second-order valence-corrected chi connectivity index (χ2v) is 4.57. The van der Waals surface area contributed by atoms with Gasteiger partial charge in [0.1, 0.15) is 24.2 Å². The molecule has 0 fully saturated rings. The van der Waals surface area contributed by atoms with Crippen molar-refractivity contribution in [1.29, 1.82) is 0 Å². The lowest BCUT2D eigenvalue weighted by atomic mass is 10.0. The smallest absolute Gasteiger partial charge is 0.433 e. The van der Waals surface area contributed by atoms with Gasteiger partial charge >= 0.3 is 6.18 Å². The Morgan fingerprint density at radius 1 is 1.40 bits per heavy atom. The van der Waals surface area contributed by atoms with Crippen LogP contribution in [0.15, 0.2) is 6.20 Å². The zero-order valence-electron chi connectivity index (χ0n) is 10.3. The van der Waals surface area contributed by atoms with Crippen LogP contribution in [-0.4, -0.2) is 24.2 Å². The predicted molar refractivity (Wildman–Crippen MR) is 57.8 cm³/mol. The minimum absolute atomic E-state index is 0.0204. The van der Waals surface area contributed by atoms with Crippen molar-refractivity contribution in [2.45, 2.75) is 38.0 Å². The van der Waals surface area contributed by atoms with E-state index in [1.807, 2.05) is 0 Å². The molecule has 0 aliphatic heterocycles. The summed E-state index contributed by atoms with van der Waals surface area (Å²) >= 11 is 0. The molecule has 2 atom stereocenters. The first kappa shape index (κ1) is 14.9. The second-order valence-electron chi connectivity index (χ2n) is 4.57. The summed E-state index contributed by atoms with van der Waals surface area (Å²) in [4.78, 5) is 3.22. The highest BCUT2D eigenvalue weighted by Gasteiger charge is 2.43. The first-order valence-electron chi connectivity index (χ1n) is 5.85. The largest absolute Gasteiger partial charge is 0.486 e. The van der Waals surface area contributed by atoms with E-state index in [9.17, 15) is 26.3 Å². The van der Waals surface area contributed by atoms with E-state index in [4.69, 9.17) is 4.74 Å². The summed E-state index contributed by atoms with van der Waals surface area (Å²) in [5, 5.41) is 0. The van der Waals surface area contributed by atoms with Crippen molar-refractivity contribution >= 4 is 0 Å². The number of aromatic nitrogens is 1. The molecule has 0 saturated heterocycles. The van der Waals surface area contributed by atoms with Crippen molar-refractivity contribution in [2.75, 3.05) is 6.61 Å². The quantitative estimate of drug-likeness (QED) is 0.793. The van der Waals surface area contributed by atoms with Crippen LogP contribution in [-0.2, 0) is 12.6 Å². The Hall–Kier alpha value is -1.47. The molecule has 0 aromatic carbocycles. The van der Waals surface area contributed by atoms with E-state index < -0.39 is 37.0 Å². The molecule has 0 bridgehead atoms. The Balaban J connectivity index is 2.46. The highest BCUT2D eigenvalue weighted by atomic mass is 19.4. The Kier molecular flexibility index (Phi) is 3.84. The number of alkyl halides is 6. The molecule has 20 heavy (non-hydrogen) atoms. The van der Waals surface area contributed by atoms with Crippen LogP contribution in [0.4, 0.5) is 26.3 Å². The van der Waals surface area contributed by atoms with Crippen LogP contribution in [0.25, 0.3) is 0 Å². The molecular weight excluding hydrogens is 288 g/mol. The summed E-state index contributed by atoms with van der Waals surface area (Å²) < 4.78 is 81.1. The summed E-state index contributed by atoms with van der Waals surface area (Å²) in [6, 6.07) is 0. The molecule has 0 radical (unpaired) electrons. The fourth-order valence-corrected chi connectivity index (χ4v) is 2.30. The number of nitrogens with zero attached hydrogens (tertiary/aromatic N) is 1. The molecule has 0 saturated carbocycles. The van der Waals surface area contributed by atoms with Crippen LogP contribution in [0.5, 0.6) is 5.75 Å². The van der Waals surface area contributed by atoms with E-state index in [1.165, 1.54) is 6.92 Å². The molecular formula is C12H11F6NO. The van der Waals surface area contributed by atoms with Crippen LogP contribution >= 0.6 is 0 Å². The van der Waals surface area contributed by atoms with Gasteiger partial charge in [0.05, 0.1) is 6.20 Å². The summed E-state index contributed by atoms with van der Waals surface area (Å²) in [5.41, 5.74) is -1.49. The fraction of sp³-hybridized carbons (Fsp3) is 0.583. The van der Waals surface area contributed by atoms with Gasteiger partial charge in [-0.05, 0) is 5.56 Å². The number of halogens is 6. The highest BCUT2D eigenvalue weighted by Crippen LogP contribution is 2.45.